The fourth-order valence-corrected chi connectivity index (χ4v) is 1.48. The smallest absolute Gasteiger partial charge is 0.335 e. The molecule has 82 valence electrons. The van der Waals surface area contributed by atoms with Gasteiger partial charge >= 0.3 is 5.97 Å². The van der Waals surface area contributed by atoms with Crippen LogP contribution in [0.1, 0.15) is 12.5 Å². The monoisotopic (exact) mass is 274 g/mol. The molecule has 1 unspecified atom stereocenters. The molecular weight excluding hydrogens is 264 g/mol. The Balaban J connectivity index is 2.95. The Bertz CT molecular complexity index is 387. The molecule has 0 radical (unpaired) electrons. The van der Waals surface area contributed by atoms with Crippen LogP contribution in [-0.2, 0) is 11.2 Å². The van der Waals surface area contributed by atoms with Crippen LogP contribution >= 0.6 is 15.9 Å². The molecule has 15 heavy (non-hydrogen) atoms. The van der Waals surface area contributed by atoms with Crippen LogP contribution in [-0.4, -0.2) is 26.9 Å². The summed E-state index contributed by atoms with van der Waals surface area (Å²) in [7, 11) is 0. The highest BCUT2D eigenvalue weighted by atomic mass is 79.9. The summed E-state index contributed by atoms with van der Waals surface area (Å²) in [6.07, 6.45) is -0.137. The average molecular weight is 275 g/mol. The van der Waals surface area contributed by atoms with Crippen molar-refractivity contribution in [3.8, 4) is 5.75 Å². The Hall–Kier alpha value is -1.07. The first-order valence-electron chi connectivity index (χ1n) is 4.26. The van der Waals surface area contributed by atoms with Crippen LogP contribution in [0.2, 0.25) is 0 Å². The number of phenolic OH excluding ortho intramolecular Hbond substituents is 1. The number of aliphatic carboxylic acids is 1. The second-order valence-corrected chi connectivity index (χ2v) is 4.44. The van der Waals surface area contributed by atoms with E-state index in [1.165, 1.54) is 13.0 Å². The van der Waals surface area contributed by atoms with E-state index in [4.69, 9.17) is 5.11 Å². The fourth-order valence-electron chi connectivity index (χ4n) is 1.13. The summed E-state index contributed by atoms with van der Waals surface area (Å²) >= 11 is 3.17. The van der Waals surface area contributed by atoms with Gasteiger partial charge in [0.1, 0.15) is 5.75 Å². The SMILES string of the molecule is CC(O)(Cc1ccc(Br)cc1O)C(=O)O. The van der Waals surface area contributed by atoms with Gasteiger partial charge in [-0.1, -0.05) is 22.0 Å². The molecule has 0 aromatic heterocycles. The lowest BCUT2D eigenvalue weighted by atomic mass is 9.96. The molecule has 0 heterocycles. The topological polar surface area (TPSA) is 77.8 Å². The molecular formula is C10H11BrO4. The van der Waals surface area contributed by atoms with Crippen LogP contribution < -0.4 is 0 Å². The predicted molar refractivity (Wildman–Crippen MR) is 57.8 cm³/mol. The highest BCUT2D eigenvalue weighted by Gasteiger charge is 2.30. The van der Waals surface area contributed by atoms with Crippen molar-refractivity contribution in [2.24, 2.45) is 0 Å². The molecule has 1 rings (SSSR count). The zero-order valence-electron chi connectivity index (χ0n) is 8.07. The molecule has 0 aliphatic rings. The zero-order valence-corrected chi connectivity index (χ0v) is 9.65. The summed E-state index contributed by atoms with van der Waals surface area (Å²) in [5, 5.41) is 27.7. The minimum atomic E-state index is -1.87. The minimum absolute atomic E-state index is 0.0362. The van der Waals surface area contributed by atoms with Gasteiger partial charge in [0.25, 0.3) is 0 Å². The summed E-state index contributed by atoms with van der Waals surface area (Å²) < 4.78 is 0.693. The van der Waals surface area contributed by atoms with Crippen molar-refractivity contribution in [1.29, 1.82) is 0 Å². The van der Waals surface area contributed by atoms with E-state index < -0.39 is 11.6 Å². The number of hydrogen-bond donors (Lipinski definition) is 3. The number of aromatic hydroxyl groups is 1. The van der Waals surface area contributed by atoms with E-state index in [1.807, 2.05) is 0 Å². The number of carbonyl (C=O) groups is 1. The summed E-state index contributed by atoms with van der Waals surface area (Å²) in [6.45, 7) is 1.19. The largest absolute Gasteiger partial charge is 0.508 e. The second-order valence-electron chi connectivity index (χ2n) is 3.53. The minimum Gasteiger partial charge on any atom is -0.508 e. The van der Waals surface area contributed by atoms with Gasteiger partial charge in [0.2, 0.25) is 0 Å². The molecule has 1 aromatic carbocycles. The van der Waals surface area contributed by atoms with Crippen LogP contribution in [0.4, 0.5) is 0 Å². The van der Waals surface area contributed by atoms with Gasteiger partial charge in [-0.05, 0) is 24.6 Å². The normalized spacial score (nSPS) is 14.6. The van der Waals surface area contributed by atoms with Crippen molar-refractivity contribution in [2.75, 3.05) is 0 Å². The third kappa shape index (κ3) is 2.94. The number of benzene rings is 1. The van der Waals surface area contributed by atoms with Crippen LogP contribution in [0.3, 0.4) is 0 Å². The zero-order chi connectivity index (χ0) is 11.6. The van der Waals surface area contributed by atoms with E-state index in [9.17, 15) is 15.0 Å². The van der Waals surface area contributed by atoms with Crippen molar-refractivity contribution in [3.05, 3.63) is 28.2 Å². The highest BCUT2D eigenvalue weighted by Crippen LogP contribution is 2.25. The Labute approximate surface area is 95.3 Å². The first-order chi connectivity index (χ1) is 6.83. The first kappa shape index (κ1) is 12.0. The maximum absolute atomic E-state index is 10.7. The number of rotatable bonds is 3. The molecule has 0 aliphatic heterocycles. The van der Waals surface area contributed by atoms with Crippen molar-refractivity contribution >= 4 is 21.9 Å². The van der Waals surface area contributed by atoms with E-state index in [1.54, 1.807) is 12.1 Å². The van der Waals surface area contributed by atoms with Gasteiger partial charge < -0.3 is 15.3 Å². The summed E-state index contributed by atoms with van der Waals surface area (Å²) in [6, 6.07) is 4.69. The van der Waals surface area contributed by atoms with Crippen molar-refractivity contribution < 1.29 is 20.1 Å². The van der Waals surface area contributed by atoms with Gasteiger partial charge in [0.15, 0.2) is 5.60 Å². The number of aliphatic hydroxyl groups is 1. The lowest BCUT2D eigenvalue weighted by Crippen LogP contribution is -2.37. The Morgan fingerprint density at radius 3 is 2.60 bits per heavy atom. The first-order valence-corrected chi connectivity index (χ1v) is 5.05. The van der Waals surface area contributed by atoms with E-state index in [-0.39, 0.29) is 12.2 Å². The van der Waals surface area contributed by atoms with Gasteiger partial charge in [-0.25, -0.2) is 4.79 Å². The van der Waals surface area contributed by atoms with Crippen LogP contribution in [0, 0.1) is 0 Å². The van der Waals surface area contributed by atoms with Crippen molar-refractivity contribution in [1.82, 2.24) is 0 Å². The van der Waals surface area contributed by atoms with Gasteiger partial charge in [-0.15, -0.1) is 0 Å². The standard InChI is InChI=1S/C10H11BrO4/c1-10(15,9(13)14)5-6-2-3-7(11)4-8(6)12/h2-4,12,15H,5H2,1H3,(H,13,14). The van der Waals surface area contributed by atoms with E-state index in [0.29, 0.717) is 10.0 Å². The summed E-state index contributed by atoms with van der Waals surface area (Å²) in [5.74, 6) is -1.35. The summed E-state index contributed by atoms with van der Waals surface area (Å²) in [5.41, 5.74) is -1.48. The van der Waals surface area contributed by atoms with Crippen LogP contribution in [0.15, 0.2) is 22.7 Å². The number of phenols is 1. The van der Waals surface area contributed by atoms with Crippen LogP contribution in [0.25, 0.3) is 0 Å². The lowest BCUT2D eigenvalue weighted by Gasteiger charge is -2.18. The van der Waals surface area contributed by atoms with Crippen LogP contribution in [0.5, 0.6) is 5.75 Å². The third-order valence-electron chi connectivity index (χ3n) is 2.04. The molecule has 5 heteroatoms. The molecule has 0 saturated carbocycles. The molecule has 0 aliphatic carbocycles. The van der Waals surface area contributed by atoms with E-state index in [2.05, 4.69) is 15.9 Å². The Morgan fingerprint density at radius 2 is 2.13 bits per heavy atom. The third-order valence-corrected chi connectivity index (χ3v) is 2.54. The average Bonchev–Trinajstić information content (AvgIpc) is 2.09. The number of carboxylic acid groups (broad SMARTS) is 1. The predicted octanol–water partition coefficient (Wildman–Crippen LogP) is 1.53. The Kier molecular flexibility index (Phi) is 3.36. The molecule has 3 N–H and O–H groups in total. The lowest BCUT2D eigenvalue weighted by molar-refractivity contribution is -0.156. The molecule has 0 spiro atoms. The van der Waals surface area contributed by atoms with Crippen molar-refractivity contribution in [3.63, 3.8) is 0 Å². The maximum atomic E-state index is 10.7. The number of hydrogen-bond acceptors (Lipinski definition) is 3. The summed E-state index contributed by atoms with van der Waals surface area (Å²) in [4.78, 5) is 10.7. The quantitative estimate of drug-likeness (QED) is 0.781. The van der Waals surface area contributed by atoms with Gasteiger partial charge in [-0.3, -0.25) is 0 Å². The fraction of sp³-hybridized carbons (Fsp3) is 0.300. The van der Waals surface area contributed by atoms with Gasteiger partial charge in [0.05, 0.1) is 0 Å². The highest BCUT2D eigenvalue weighted by molar-refractivity contribution is 9.10. The Morgan fingerprint density at radius 1 is 1.53 bits per heavy atom. The van der Waals surface area contributed by atoms with E-state index >= 15 is 0 Å². The number of halogens is 1. The molecule has 0 bridgehead atoms. The van der Waals surface area contributed by atoms with Crippen molar-refractivity contribution in [2.45, 2.75) is 18.9 Å². The maximum Gasteiger partial charge on any atom is 0.335 e. The second kappa shape index (κ2) is 4.20. The van der Waals surface area contributed by atoms with Gasteiger partial charge in [-0.2, -0.15) is 0 Å². The van der Waals surface area contributed by atoms with Gasteiger partial charge in [0, 0.05) is 10.9 Å². The molecule has 1 atom stereocenters. The molecule has 4 nitrogen and oxygen atoms in total. The molecule has 0 fully saturated rings. The van der Waals surface area contributed by atoms with E-state index in [0.717, 1.165) is 0 Å². The molecule has 1 aromatic rings. The molecule has 0 saturated heterocycles. The molecule has 0 amide bonds. The number of carboxylic acids is 1.